The second kappa shape index (κ2) is 4.76. The maximum atomic E-state index is 13.7. The highest BCUT2D eigenvalue weighted by Gasteiger charge is 2.12. The number of nitrogens with zero attached hydrogens (tertiary/aromatic N) is 2. The molecule has 0 unspecified atom stereocenters. The first kappa shape index (κ1) is 12.9. The van der Waals surface area contributed by atoms with E-state index in [9.17, 15) is 8.78 Å². The van der Waals surface area contributed by atoms with Crippen molar-refractivity contribution in [2.75, 3.05) is 5.73 Å². The minimum atomic E-state index is -0.498. The first-order valence-electron chi connectivity index (χ1n) is 5.90. The van der Waals surface area contributed by atoms with Crippen molar-refractivity contribution in [3.05, 3.63) is 58.6 Å². The molecule has 0 radical (unpaired) electrons. The molecule has 0 aliphatic carbocycles. The fourth-order valence-corrected chi connectivity index (χ4v) is 2.28. The molecule has 3 rings (SSSR count). The summed E-state index contributed by atoms with van der Waals surface area (Å²) in [5.41, 5.74) is 7.37. The van der Waals surface area contributed by atoms with Gasteiger partial charge in [-0.05, 0) is 36.4 Å². The molecule has 2 aromatic carbocycles. The van der Waals surface area contributed by atoms with E-state index < -0.39 is 11.6 Å². The molecular weight excluding hydrogens is 284 g/mol. The molecule has 102 valence electrons. The third kappa shape index (κ3) is 2.20. The maximum Gasteiger partial charge on any atom is 0.201 e. The predicted molar refractivity (Wildman–Crippen MR) is 74.6 cm³/mol. The highest BCUT2D eigenvalue weighted by molar-refractivity contribution is 6.31. The van der Waals surface area contributed by atoms with E-state index in [1.165, 1.54) is 0 Å². The zero-order valence-corrected chi connectivity index (χ0v) is 11.0. The number of imidazole rings is 1. The van der Waals surface area contributed by atoms with Crippen molar-refractivity contribution in [1.82, 2.24) is 9.55 Å². The molecule has 0 saturated carbocycles. The Balaban J connectivity index is 2.12. The first-order valence-corrected chi connectivity index (χ1v) is 6.27. The average Bonchev–Trinajstić information content (AvgIpc) is 2.70. The molecule has 1 heterocycles. The molecule has 6 heteroatoms. The second-order valence-electron chi connectivity index (χ2n) is 4.42. The number of anilines is 1. The van der Waals surface area contributed by atoms with Crippen LogP contribution in [0.1, 0.15) is 5.56 Å². The molecule has 20 heavy (non-hydrogen) atoms. The fourth-order valence-electron chi connectivity index (χ4n) is 2.12. The van der Waals surface area contributed by atoms with Crippen molar-refractivity contribution in [3.8, 4) is 0 Å². The zero-order valence-electron chi connectivity index (χ0n) is 10.3. The van der Waals surface area contributed by atoms with Gasteiger partial charge in [-0.3, -0.25) is 0 Å². The molecule has 0 spiro atoms. The van der Waals surface area contributed by atoms with Crippen LogP contribution in [0.15, 0.2) is 36.4 Å². The van der Waals surface area contributed by atoms with Crippen LogP contribution in [0.3, 0.4) is 0 Å². The summed E-state index contributed by atoms with van der Waals surface area (Å²) in [6.07, 6.45) is 0. The average molecular weight is 294 g/mol. The molecule has 0 amide bonds. The number of aromatic nitrogens is 2. The lowest BCUT2D eigenvalue weighted by Gasteiger charge is -2.08. The number of benzene rings is 2. The van der Waals surface area contributed by atoms with Crippen LogP contribution >= 0.6 is 11.6 Å². The van der Waals surface area contributed by atoms with Gasteiger partial charge in [0, 0.05) is 10.6 Å². The number of nitrogens with two attached hydrogens (primary N) is 1. The van der Waals surface area contributed by atoms with E-state index in [-0.39, 0.29) is 18.1 Å². The van der Waals surface area contributed by atoms with Gasteiger partial charge in [0.15, 0.2) is 0 Å². The molecule has 3 nitrogen and oxygen atoms in total. The van der Waals surface area contributed by atoms with E-state index in [0.717, 1.165) is 18.2 Å². The summed E-state index contributed by atoms with van der Waals surface area (Å²) in [4.78, 5) is 4.17. The number of fused-ring (bicyclic) bond motifs is 1. The van der Waals surface area contributed by atoms with Crippen molar-refractivity contribution in [3.63, 3.8) is 0 Å². The van der Waals surface area contributed by atoms with Gasteiger partial charge in [0.25, 0.3) is 0 Å². The zero-order chi connectivity index (χ0) is 14.3. The van der Waals surface area contributed by atoms with E-state index in [4.69, 9.17) is 17.3 Å². The van der Waals surface area contributed by atoms with Gasteiger partial charge in [0.2, 0.25) is 5.95 Å². The van der Waals surface area contributed by atoms with Crippen molar-refractivity contribution < 1.29 is 8.78 Å². The van der Waals surface area contributed by atoms with E-state index in [1.54, 1.807) is 22.8 Å². The third-order valence-corrected chi connectivity index (χ3v) is 3.31. The number of hydrogen-bond acceptors (Lipinski definition) is 2. The maximum absolute atomic E-state index is 13.7. The standard InChI is InChI=1S/C14H10ClF2N3/c15-9-1-4-12-13(6-9)20(14(18)19-12)7-8-5-10(16)2-3-11(8)17/h1-6H,7H2,(H2,18,19). The molecule has 0 atom stereocenters. The van der Waals surface area contributed by atoms with Crippen LogP contribution in [0.25, 0.3) is 11.0 Å². The Labute approximate surface area is 118 Å². The van der Waals surface area contributed by atoms with Gasteiger partial charge in [-0.15, -0.1) is 0 Å². The number of rotatable bonds is 2. The van der Waals surface area contributed by atoms with E-state index >= 15 is 0 Å². The molecule has 0 fully saturated rings. The molecule has 3 aromatic rings. The van der Waals surface area contributed by atoms with Crippen molar-refractivity contribution >= 4 is 28.6 Å². The molecule has 0 saturated heterocycles. The lowest BCUT2D eigenvalue weighted by atomic mass is 10.2. The summed E-state index contributed by atoms with van der Waals surface area (Å²) >= 11 is 5.94. The quantitative estimate of drug-likeness (QED) is 0.784. The fraction of sp³-hybridized carbons (Fsp3) is 0.0714. The largest absolute Gasteiger partial charge is 0.369 e. The Hall–Kier alpha value is -2.14. The smallest absolute Gasteiger partial charge is 0.201 e. The summed E-state index contributed by atoms with van der Waals surface area (Å²) in [6, 6.07) is 8.43. The molecule has 2 N–H and O–H groups in total. The van der Waals surface area contributed by atoms with Gasteiger partial charge >= 0.3 is 0 Å². The van der Waals surface area contributed by atoms with Crippen LogP contribution in [-0.2, 0) is 6.54 Å². The van der Waals surface area contributed by atoms with E-state index in [2.05, 4.69) is 4.98 Å². The van der Waals surface area contributed by atoms with E-state index in [1.807, 2.05) is 0 Å². The molecule has 1 aromatic heterocycles. The number of nitrogen functional groups attached to an aromatic ring is 1. The third-order valence-electron chi connectivity index (χ3n) is 3.08. The Bertz CT molecular complexity index is 798. The van der Waals surface area contributed by atoms with Gasteiger partial charge in [0.05, 0.1) is 17.6 Å². The number of halogens is 3. The van der Waals surface area contributed by atoms with Crippen molar-refractivity contribution in [2.45, 2.75) is 6.54 Å². The Morgan fingerprint density at radius 2 is 1.95 bits per heavy atom. The number of hydrogen-bond donors (Lipinski definition) is 1. The minimum absolute atomic E-state index is 0.0896. The van der Waals surface area contributed by atoms with Crippen molar-refractivity contribution in [2.24, 2.45) is 0 Å². The van der Waals surface area contributed by atoms with Gasteiger partial charge < -0.3 is 10.3 Å². The van der Waals surface area contributed by atoms with Crippen LogP contribution in [0.5, 0.6) is 0 Å². The lowest BCUT2D eigenvalue weighted by molar-refractivity contribution is 0.579. The topological polar surface area (TPSA) is 43.8 Å². The monoisotopic (exact) mass is 293 g/mol. The second-order valence-corrected chi connectivity index (χ2v) is 4.86. The Morgan fingerprint density at radius 1 is 1.15 bits per heavy atom. The van der Waals surface area contributed by atoms with Crippen LogP contribution in [0, 0.1) is 11.6 Å². The first-order chi connectivity index (χ1) is 9.54. The SMILES string of the molecule is Nc1nc2ccc(Cl)cc2n1Cc1cc(F)ccc1F. The summed E-state index contributed by atoms with van der Waals surface area (Å²) in [5.74, 6) is -0.761. The van der Waals surface area contributed by atoms with Gasteiger partial charge in [-0.2, -0.15) is 0 Å². The van der Waals surface area contributed by atoms with Gasteiger partial charge in [0.1, 0.15) is 11.6 Å². The van der Waals surface area contributed by atoms with Crippen LogP contribution in [0.2, 0.25) is 5.02 Å². The molecule has 0 aliphatic rings. The molecule has 0 aliphatic heterocycles. The minimum Gasteiger partial charge on any atom is -0.369 e. The highest BCUT2D eigenvalue weighted by atomic mass is 35.5. The van der Waals surface area contributed by atoms with E-state index in [0.29, 0.717) is 16.1 Å². The predicted octanol–water partition coefficient (Wildman–Crippen LogP) is 3.60. The summed E-state index contributed by atoms with van der Waals surface area (Å²) in [6.45, 7) is 0.0896. The Kier molecular flexibility index (Phi) is 3.06. The molecular formula is C14H10ClF2N3. The summed E-state index contributed by atoms with van der Waals surface area (Å²) in [5, 5.41) is 0.526. The highest BCUT2D eigenvalue weighted by Crippen LogP contribution is 2.23. The summed E-state index contributed by atoms with van der Waals surface area (Å²) in [7, 11) is 0. The normalized spacial score (nSPS) is 11.2. The van der Waals surface area contributed by atoms with Crippen LogP contribution in [-0.4, -0.2) is 9.55 Å². The van der Waals surface area contributed by atoms with Crippen molar-refractivity contribution in [1.29, 1.82) is 0 Å². The van der Waals surface area contributed by atoms with Gasteiger partial charge in [-0.25, -0.2) is 13.8 Å². The molecule has 0 bridgehead atoms. The van der Waals surface area contributed by atoms with Crippen LogP contribution < -0.4 is 5.73 Å². The van der Waals surface area contributed by atoms with Crippen LogP contribution in [0.4, 0.5) is 14.7 Å². The Morgan fingerprint density at radius 3 is 2.75 bits per heavy atom. The summed E-state index contributed by atoms with van der Waals surface area (Å²) < 4.78 is 28.5. The van der Waals surface area contributed by atoms with Gasteiger partial charge in [-0.1, -0.05) is 11.6 Å². The lowest BCUT2D eigenvalue weighted by Crippen LogP contribution is -2.06.